The molecule has 0 saturated heterocycles. The van der Waals surface area contributed by atoms with Gasteiger partial charge in [-0.15, -0.1) is 0 Å². The van der Waals surface area contributed by atoms with E-state index in [9.17, 15) is 14.4 Å². The van der Waals surface area contributed by atoms with Gasteiger partial charge in [0, 0.05) is 11.4 Å². The Morgan fingerprint density at radius 3 is 2.42 bits per heavy atom. The van der Waals surface area contributed by atoms with Crippen molar-refractivity contribution in [2.24, 2.45) is 0 Å². The summed E-state index contributed by atoms with van der Waals surface area (Å²) in [5.41, 5.74) is 3.70. The van der Waals surface area contributed by atoms with E-state index in [1.54, 1.807) is 37.3 Å². The van der Waals surface area contributed by atoms with Gasteiger partial charge in [-0.2, -0.15) is 0 Å². The van der Waals surface area contributed by atoms with Crippen LogP contribution in [-0.2, 0) is 15.1 Å². The van der Waals surface area contributed by atoms with Crippen molar-refractivity contribution in [2.75, 3.05) is 22.1 Å². The number of para-hydroxylation sites is 1. The number of carbonyl (C=O) groups excluding carboxylic acids is 3. The molecule has 0 spiro atoms. The van der Waals surface area contributed by atoms with Crippen LogP contribution in [0, 0.1) is 0 Å². The van der Waals surface area contributed by atoms with Gasteiger partial charge in [-0.25, -0.2) is 4.79 Å². The Bertz CT molecular complexity index is 1380. The van der Waals surface area contributed by atoms with Gasteiger partial charge in [0.25, 0.3) is 5.91 Å². The maximum atomic E-state index is 13.0. The van der Waals surface area contributed by atoms with Crippen molar-refractivity contribution >= 4 is 40.5 Å². The molecule has 1 atom stereocenters. The zero-order valence-corrected chi connectivity index (χ0v) is 22.0. The first-order chi connectivity index (χ1) is 18.0. The highest BCUT2D eigenvalue weighted by Gasteiger charge is 2.33. The molecule has 0 radical (unpaired) electrons. The Balaban J connectivity index is 1.50. The summed E-state index contributed by atoms with van der Waals surface area (Å²) in [6, 6.07) is 21.5. The molecule has 0 aliphatic carbocycles. The van der Waals surface area contributed by atoms with Crippen LogP contribution in [0.4, 0.5) is 21.9 Å². The fraction of sp³-hybridized carbons (Fsp3) is 0.233. The third kappa shape index (κ3) is 6.03. The predicted octanol–water partition coefficient (Wildman–Crippen LogP) is 5.53. The fourth-order valence-electron chi connectivity index (χ4n) is 4.21. The van der Waals surface area contributed by atoms with E-state index in [4.69, 9.17) is 4.74 Å². The van der Waals surface area contributed by atoms with Gasteiger partial charge in [-0.3, -0.25) is 14.5 Å². The maximum Gasteiger partial charge on any atom is 0.319 e. The van der Waals surface area contributed by atoms with Crippen LogP contribution in [-0.4, -0.2) is 30.5 Å². The fourth-order valence-corrected chi connectivity index (χ4v) is 4.21. The van der Waals surface area contributed by atoms with Crippen molar-refractivity contribution in [3.05, 3.63) is 90.5 Å². The first-order valence-corrected chi connectivity index (χ1v) is 12.4. The summed E-state index contributed by atoms with van der Waals surface area (Å²) < 4.78 is 5.74. The number of fused-ring (bicyclic) bond motifs is 1. The molecule has 1 aliphatic heterocycles. The van der Waals surface area contributed by atoms with E-state index in [0.29, 0.717) is 22.8 Å². The summed E-state index contributed by atoms with van der Waals surface area (Å²) in [5.74, 6) is -0.243. The van der Waals surface area contributed by atoms with Crippen LogP contribution >= 0.6 is 0 Å². The van der Waals surface area contributed by atoms with E-state index in [-0.39, 0.29) is 18.4 Å². The van der Waals surface area contributed by atoms with Gasteiger partial charge in [0.1, 0.15) is 12.3 Å². The number of amides is 4. The van der Waals surface area contributed by atoms with Gasteiger partial charge < -0.3 is 20.7 Å². The van der Waals surface area contributed by atoms with Crippen molar-refractivity contribution < 1.29 is 19.1 Å². The topological polar surface area (TPSA) is 99.8 Å². The van der Waals surface area contributed by atoms with E-state index in [1.165, 1.54) is 4.90 Å². The summed E-state index contributed by atoms with van der Waals surface area (Å²) in [6.07, 6.45) is -0.745. The largest absolute Gasteiger partial charge is 0.479 e. The summed E-state index contributed by atoms with van der Waals surface area (Å²) in [5, 5.41) is 8.63. The van der Waals surface area contributed by atoms with Crippen molar-refractivity contribution in [2.45, 2.75) is 39.3 Å². The van der Waals surface area contributed by atoms with Crippen LogP contribution in [0.3, 0.4) is 0 Å². The third-order valence-electron chi connectivity index (χ3n) is 6.29. The molecule has 0 bridgehead atoms. The Hall–Kier alpha value is -4.59. The zero-order valence-electron chi connectivity index (χ0n) is 22.0. The molecule has 8 nitrogen and oxygen atoms in total. The smallest absolute Gasteiger partial charge is 0.319 e. The number of carbonyl (C=O) groups is 3. The molecular formula is C30H32N4O4. The van der Waals surface area contributed by atoms with E-state index in [0.717, 1.165) is 16.7 Å². The second-order valence-electron chi connectivity index (χ2n) is 9.85. The number of anilines is 3. The minimum Gasteiger partial charge on any atom is -0.479 e. The summed E-state index contributed by atoms with van der Waals surface area (Å²) >= 11 is 0. The Kier molecular flexibility index (Phi) is 7.52. The highest BCUT2D eigenvalue weighted by Crippen LogP contribution is 2.36. The van der Waals surface area contributed by atoms with Crippen molar-refractivity contribution in [1.29, 1.82) is 0 Å². The van der Waals surface area contributed by atoms with Crippen LogP contribution in [0.2, 0.25) is 0 Å². The highest BCUT2D eigenvalue weighted by atomic mass is 16.5. The quantitative estimate of drug-likeness (QED) is 0.388. The zero-order chi connectivity index (χ0) is 27.4. The first-order valence-electron chi connectivity index (χ1n) is 12.4. The standard InChI is InChI=1S/C30H32N4O4/c1-19(2)21-10-9-11-22(16-21)30(4,5)33-29(37)32-24-14-15-26-25(17-24)34(28(36)20(3)38-26)18-27(35)31-23-12-7-6-8-13-23/h6-17,20H,1,18H2,2-5H3,(H,31,35)(H2,32,33,37). The van der Waals surface area contributed by atoms with Gasteiger partial charge in [-0.05, 0) is 75.2 Å². The minimum absolute atomic E-state index is 0.198. The average Bonchev–Trinajstić information content (AvgIpc) is 2.87. The number of hydrogen-bond acceptors (Lipinski definition) is 4. The Morgan fingerprint density at radius 2 is 1.71 bits per heavy atom. The molecule has 0 saturated carbocycles. The highest BCUT2D eigenvalue weighted by molar-refractivity contribution is 6.06. The van der Waals surface area contributed by atoms with Gasteiger partial charge >= 0.3 is 6.03 Å². The number of urea groups is 1. The van der Waals surface area contributed by atoms with Crippen molar-refractivity contribution in [1.82, 2.24) is 5.32 Å². The van der Waals surface area contributed by atoms with Gasteiger partial charge in [0.15, 0.2) is 6.10 Å². The van der Waals surface area contributed by atoms with Crippen molar-refractivity contribution in [3.8, 4) is 5.75 Å². The molecule has 4 rings (SSSR count). The molecule has 1 unspecified atom stereocenters. The van der Waals surface area contributed by atoms with Gasteiger partial charge in [0.05, 0.1) is 11.2 Å². The van der Waals surface area contributed by atoms with E-state index in [2.05, 4.69) is 22.5 Å². The lowest BCUT2D eigenvalue weighted by Crippen LogP contribution is -2.47. The molecular weight excluding hydrogens is 480 g/mol. The number of nitrogens with one attached hydrogen (secondary N) is 3. The lowest BCUT2D eigenvalue weighted by molar-refractivity contribution is -0.127. The predicted molar refractivity (Wildman–Crippen MR) is 150 cm³/mol. The number of ether oxygens (including phenoxy) is 1. The molecule has 0 aromatic heterocycles. The monoisotopic (exact) mass is 512 g/mol. The van der Waals surface area contributed by atoms with Crippen LogP contribution in [0.5, 0.6) is 5.75 Å². The number of hydrogen-bond donors (Lipinski definition) is 3. The first kappa shape index (κ1) is 26.5. The molecule has 1 aliphatic rings. The molecule has 1 heterocycles. The Labute approximate surface area is 222 Å². The Morgan fingerprint density at radius 1 is 0.974 bits per heavy atom. The SMILES string of the molecule is C=C(C)c1cccc(C(C)(C)NC(=O)Nc2ccc3c(c2)N(CC(=O)Nc2ccccc2)C(=O)C(C)O3)c1. The number of allylic oxidation sites excluding steroid dienone is 1. The molecule has 3 N–H and O–H groups in total. The van der Waals surface area contributed by atoms with Gasteiger partial charge in [-0.1, -0.05) is 48.6 Å². The van der Waals surface area contributed by atoms with Crippen LogP contribution in [0.1, 0.15) is 38.8 Å². The molecule has 0 fully saturated rings. The third-order valence-corrected chi connectivity index (χ3v) is 6.29. The molecule has 8 heteroatoms. The van der Waals surface area contributed by atoms with E-state index in [1.807, 2.05) is 63.2 Å². The summed E-state index contributed by atoms with van der Waals surface area (Å²) in [4.78, 5) is 40.0. The number of nitrogens with zero attached hydrogens (tertiary/aromatic N) is 1. The summed E-state index contributed by atoms with van der Waals surface area (Å²) in [6.45, 7) is 11.2. The van der Waals surface area contributed by atoms with E-state index < -0.39 is 17.7 Å². The molecule has 3 aromatic carbocycles. The number of rotatable bonds is 7. The minimum atomic E-state index is -0.745. The molecule has 4 amide bonds. The number of benzene rings is 3. The molecule has 38 heavy (non-hydrogen) atoms. The van der Waals surface area contributed by atoms with Crippen LogP contribution in [0.25, 0.3) is 5.57 Å². The molecule has 3 aromatic rings. The molecule has 196 valence electrons. The van der Waals surface area contributed by atoms with E-state index >= 15 is 0 Å². The lowest BCUT2D eigenvalue weighted by atomic mass is 9.92. The van der Waals surface area contributed by atoms with Crippen molar-refractivity contribution in [3.63, 3.8) is 0 Å². The second-order valence-corrected chi connectivity index (χ2v) is 9.85. The van der Waals surface area contributed by atoms with Crippen LogP contribution < -0.4 is 25.6 Å². The summed E-state index contributed by atoms with van der Waals surface area (Å²) in [7, 11) is 0. The van der Waals surface area contributed by atoms with Gasteiger partial charge in [0.2, 0.25) is 5.91 Å². The maximum absolute atomic E-state index is 13.0. The van der Waals surface area contributed by atoms with Crippen LogP contribution in [0.15, 0.2) is 79.4 Å². The second kappa shape index (κ2) is 10.8. The normalized spacial score (nSPS) is 14.7. The lowest BCUT2D eigenvalue weighted by Gasteiger charge is -2.33. The average molecular weight is 513 g/mol.